The highest BCUT2D eigenvalue weighted by atomic mass is 19.4. The maximum atomic E-state index is 13.3. The molecule has 31 heavy (non-hydrogen) atoms. The van der Waals surface area contributed by atoms with E-state index in [2.05, 4.69) is 20.0 Å². The van der Waals surface area contributed by atoms with Gasteiger partial charge in [-0.25, -0.2) is 14.6 Å². The normalized spacial score (nSPS) is 14.9. The Morgan fingerprint density at radius 2 is 1.68 bits per heavy atom. The number of anilines is 1. The summed E-state index contributed by atoms with van der Waals surface area (Å²) < 4.78 is 46.9. The fourth-order valence-corrected chi connectivity index (χ4v) is 3.63. The van der Waals surface area contributed by atoms with Crippen molar-refractivity contribution in [1.82, 2.24) is 19.7 Å². The number of para-hydroxylation sites is 1. The molecule has 1 aliphatic rings. The molecule has 5 rings (SSSR count). The predicted octanol–water partition coefficient (Wildman–Crippen LogP) is 4.34. The molecular weight excluding hydrogens is 407 g/mol. The molecule has 0 bridgehead atoms. The summed E-state index contributed by atoms with van der Waals surface area (Å²) in [5.41, 5.74) is 0.902. The molecule has 2 aromatic heterocycles. The Morgan fingerprint density at radius 3 is 2.42 bits per heavy atom. The van der Waals surface area contributed by atoms with Gasteiger partial charge in [0, 0.05) is 18.7 Å². The van der Waals surface area contributed by atoms with E-state index < -0.39 is 11.7 Å². The van der Waals surface area contributed by atoms with E-state index in [4.69, 9.17) is 4.74 Å². The van der Waals surface area contributed by atoms with Gasteiger partial charge in [0.2, 0.25) is 0 Å². The highest BCUT2D eigenvalue weighted by Gasteiger charge is 2.31. The lowest BCUT2D eigenvalue weighted by molar-refractivity contribution is -0.137. The van der Waals surface area contributed by atoms with E-state index in [1.807, 2.05) is 30.3 Å². The van der Waals surface area contributed by atoms with Crippen molar-refractivity contribution in [3.05, 3.63) is 66.4 Å². The Bertz CT molecular complexity index is 1220. The molecule has 3 heterocycles. The zero-order chi connectivity index (χ0) is 21.4. The second-order valence-corrected chi connectivity index (χ2v) is 7.18. The van der Waals surface area contributed by atoms with E-state index in [0.29, 0.717) is 43.3 Å². The van der Waals surface area contributed by atoms with Gasteiger partial charge in [0.05, 0.1) is 36.0 Å². The average Bonchev–Trinajstić information content (AvgIpc) is 3.23. The van der Waals surface area contributed by atoms with E-state index in [-0.39, 0.29) is 5.82 Å². The first-order valence-electron chi connectivity index (χ1n) is 9.82. The molecule has 9 heteroatoms. The van der Waals surface area contributed by atoms with Gasteiger partial charge in [-0.05, 0) is 24.3 Å². The van der Waals surface area contributed by atoms with Crippen LogP contribution in [0.25, 0.3) is 28.1 Å². The number of rotatable bonds is 3. The fraction of sp³-hybridized carbons (Fsp3) is 0.227. The summed E-state index contributed by atoms with van der Waals surface area (Å²) in [5.74, 6) is 0.862. The van der Waals surface area contributed by atoms with Gasteiger partial charge in [-0.3, -0.25) is 0 Å². The van der Waals surface area contributed by atoms with Gasteiger partial charge in [-0.15, -0.1) is 0 Å². The van der Waals surface area contributed by atoms with Crippen LogP contribution in [0.5, 0.6) is 0 Å². The lowest BCUT2D eigenvalue weighted by atomic mass is 10.1. The molecule has 0 atom stereocenters. The fourth-order valence-electron chi connectivity index (χ4n) is 3.63. The maximum Gasteiger partial charge on any atom is 0.416 e. The third kappa shape index (κ3) is 3.72. The van der Waals surface area contributed by atoms with Crippen molar-refractivity contribution in [3.63, 3.8) is 0 Å². The molecule has 0 aliphatic carbocycles. The minimum Gasteiger partial charge on any atom is -0.378 e. The molecule has 0 N–H and O–H groups in total. The molecule has 158 valence electrons. The van der Waals surface area contributed by atoms with Crippen molar-refractivity contribution >= 4 is 16.9 Å². The summed E-state index contributed by atoms with van der Waals surface area (Å²) >= 11 is 0. The number of alkyl halides is 3. The van der Waals surface area contributed by atoms with Gasteiger partial charge in [-0.2, -0.15) is 18.3 Å². The van der Waals surface area contributed by atoms with Gasteiger partial charge in [0.1, 0.15) is 5.82 Å². The van der Waals surface area contributed by atoms with Crippen molar-refractivity contribution in [3.8, 4) is 17.1 Å². The summed E-state index contributed by atoms with van der Waals surface area (Å²) in [7, 11) is 0. The van der Waals surface area contributed by atoms with E-state index in [1.165, 1.54) is 6.07 Å². The number of hydrogen-bond acceptors (Lipinski definition) is 5. The van der Waals surface area contributed by atoms with Crippen LogP contribution in [0.3, 0.4) is 0 Å². The van der Waals surface area contributed by atoms with Crippen LogP contribution in [-0.4, -0.2) is 46.1 Å². The molecule has 1 saturated heterocycles. The van der Waals surface area contributed by atoms with Gasteiger partial charge in [-0.1, -0.05) is 30.3 Å². The number of nitrogens with zero attached hydrogens (tertiary/aromatic N) is 5. The quantitative estimate of drug-likeness (QED) is 0.489. The number of hydrogen-bond donors (Lipinski definition) is 0. The van der Waals surface area contributed by atoms with Crippen LogP contribution in [0, 0.1) is 0 Å². The third-order valence-corrected chi connectivity index (χ3v) is 5.17. The molecule has 1 fully saturated rings. The van der Waals surface area contributed by atoms with Crippen LogP contribution in [0.2, 0.25) is 0 Å². The molecular formula is C22H18F3N5O. The Hall–Kier alpha value is -3.46. The van der Waals surface area contributed by atoms with Crippen LogP contribution < -0.4 is 4.90 Å². The summed E-state index contributed by atoms with van der Waals surface area (Å²) in [6.45, 7) is 2.36. The van der Waals surface area contributed by atoms with Crippen molar-refractivity contribution < 1.29 is 17.9 Å². The van der Waals surface area contributed by atoms with Crippen LogP contribution in [0.1, 0.15) is 5.56 Å². The molecule has 0 amide bonds. The van der Waals surface area contributed by atoms with Crippen molar-refractivity contribution in [2.75, 3.05) is 31.2 Å². The van der Waals surface area contributed by atoms with Crippen LogP contribution >= 0.6 is 0 Å². The topological polar surface area (TPSA) is 56.1 Å². The Balaban J connectivity index is 1.72. The molecule has 1 aliphatic heterocycles. The Labute approximate surface area is 175 Å². The van der Waals surface area contributed by atoms with Crippen molar-refractivity contribution in [2.45, 2.75) is 6.18 Å². The van der Waals surface area contributed by atoms with E-state index >= 15 is 0 Å². The second kappa shape index (κ2) is 7.66. The first-order chi connectivity index (χ1) is 15.0. The number of morpholine rings is 1. The van der Waals surface area contributed by atoms with Crippen LogP contribution in [-0.2, 0) is 10.9 Å². The summed E-state index contributed by atoms with van der Waals surface area (Å²) in [4.78, 5) is 11.3. The molecule has 6 nitrogen and oxygen atoms in total. The van der Waals surface area contributed by atoms with Gasteiger partial charge in [0.15, 0.2) is 11.5 Å². The van der Waals surface area contributed by atoms with E-state index in [0.717, 1.165) is 23.2 Å². The number of ether oxygens (including phenoxy) is 1. The van der Waals surface area contributed by atoms with Gasteiger partial charge in [0.25, 0.3) is 0 Å². The third-order valence-electron chi connectivity index (χ3n) is 5.17. The van der Waals surface area contributed by atoms with E-state index in [1.54, 1.807) is 16.9 Å². The highest BCUT2D eigenvalue weighted by Crippen LogP contribution is 2.33. The monoisotopic (exact) mass is 425 g/mol. The first kappa shape index (κ1) is 19.5. The van der Waals surface area contributed by atoms with Crippen molar-refractivity contribution in [2.24, 2.45) is 0 Å². The van der Waals surface area contributed by atoms with Crippen LogP contribution in [0.4, 0.5) is 19.0 Å². The minimum atomic E-state index is -4.45. The van der Waals surface area contributed by atoms with E-state index in [9.17, 15) is 13.2 Å². The molecule has 2 aromatic carbocycles. The molecule has 0 saturated carbocycles. The standard InChI is InChI=1S/C22H18F3N5O/c23-22(24,25)16-6-4-5-15(13-16)19-27-20(29-9-11-31-12-10-29)18-14-26-30(21(18)28-19)17-7-2-1-3-8-17/h1-8,13-14H,9-12H2. The number of benzene rings is 2. The smallest absolute Gasteiger partial charge is 0.378 e. The predicted molar refractivity (Wildman–Crippen MR) is 110 cm³/mol. The Morgan fingerprint density at radius 1 is 0.903 bits per heavy atom. The maximum absolute atomic E-state index is 13.3. The number of fused-ring (bicyclic) bond motifs is 1. The van der Waals surface area contributed by atoms with Crippen molar-refractivity contribution in [1.29, 1.82) is 0 Å². The van der Waals surface area contributed by atoms with Gasteiger partial charge >= 0.3 is 6.18 Å². The second-order valence-electron chi connectivity index (χ2n) is 7.18. The minimum absolute atomic E-state index is 0.220. The molecule has 0 spiro atoms. The number of aromatic nitrogens is 4. The molecule has 4 aromatic rings. The largest absolute Gasteiger partial charge is 0.416 e. The summed E-state index contributed by atoms with van der Waals surface area (Å²) in [6, 6.07) is 14.5. The number of halogens is 3. The van der Waals surface area contributed by atoms with Crippen LogP contribution in [0.15, 0.2) is 60.8 Å². The lowest BCUT2D eigenvalue weighted by Gasteiger charge is -2.28. The first-order valence-corrected chi connectivity index (χ1v) is 9.82. The SMILES string of the molecule is FC(F)(F)c1cccc(-c2nc(N3CCOCC3)c3cnn(-c4ccccc4)c3n2)c1. The zero-order valence-electron chi connectivity index (χ0n) is 16.4. The Kier molecular flexibility index (Phi) is 4.82. The zero-order valence-corrected chi connectivity index (χ0v) is 16.4. The van der Waals surface area contributed by atoms with Gasteiger partial charge < -0.3 is 9.64 Å². The molecule has 0 radical (unpaired) electrons. The summed E-state index contributed by atoms with van der Waals surface area (Å²) in [6.07, 6.45) is -2.75. The lowest BCUT2D eigenvalue weighted by Crippen LogP contribution is -2.37. The molecule has 0 unspecified atom stereocenters. The summed E-state index contributed by atoms with van der Waals surface area (Å²) in [5, 5.41) is 5.23. The highest BCUT2D eigenvalue weighted by molar-refractivity contribution is 5.89. The average molecular weight is 425 g/mol.